The van der Waals surface area contributed by atoms with Gasteiger partial charge in [0, 0.05) is 0 Å². The summed E-state index contributed by atoms with van der Waals surface area (Å²) in [5, 5.41) is 10.2. The normalized spacial score (nSPS) is 12.4. The molecule has 1 atom stereocenters. The maximum Gasteiger partial charge on any atom is 0.123 e. The second-order valence-electron chi connectivity index (χ2n) is 5.06. The van der Waals surface area contributed by atoms with Gasteiger partial charge in [0.05, 0.1) is 6.10 Å². The number of halogens is 1. The largest absolute Gasteiger partial charge is 0.392 e. The molecule has 1 unspecified atom stereocenters. The Morgan fingerprint density at radius 3 is 2.26 bits per heavy atom. The van der Waals surface area contributed by atoms with Gasteiger partial charge >= 0.3 is 0 Å². The van der Waals surface area contributed by atoms with E-state index in [9.17, 15) is 9.50 Å². The van der Waals surface area contributed by atoms with Gasteiger partial charge in [0.25, 0.3) is 0 Å². The molecule has 0 radical (unpaired) electrons. The average Bonchev–Trinajstić information content (AvgIpc) is 2.34. The van der Waals surface area contributed by atoms with E-state index >= 15 is 0 Å². The van der Waals surface area contributed by atoms with Crippen molar-refractivity contribution >= 4 is 0 Å². The second kappa shape index (κ2) is 5.98. The van der Waals surface area contributed by atoms with Gasteiger partial charge in [0.15, 0.2) is 0 Å². The number of aryl methyl sites for hydroxylation is 2. The van der Waals surface area contributed by atoms with Crippen LogP contribution in [0.4, 0.5) is 4.39 Å². The van der Waals surface area contributed by atoms with Crippen LogP contribution in [0.15, 0.2) is 42.5 Å². The number of aliphatic hydroxyl groups is 1. The van der Waals surface area contributed by atoms with E-state index < -0.39 is 6.10 Å². The lowest BCUT2D eigenvalue weighted by atomic mass is 9.95. The van der Waals surface area contributed by atoms with Crippen LogP contribution >= 0.6 is 0 Å². The molecule has 2 aromatic carbocycles. The Morgan fingerprint density at radius 2 is 1.63 bits per heavy atom. The molecule has 0 bridgehead atoms. The summed E-state index contributed by atoms with van der Waals surface area (Å²) in [5.74, 6) is -0.253. The highest BCUT2D eigenvalue weighted by Crippen LogP contribution is 2.17. The number of hydrogen-bond donors (Lipinski definition) is 1. The van der Waals surface area contributed by atoms with Crippen LogP contribution in [0.2, 0.25) is 0 Å². The maximum absolute atomic E-state index is 13.1. The van der Waals surface area contributed by atoms with E-state index in [1.54, 1.807) is 6.07 Å². The Balaban J connectivity index is 2.07. The standard InChI is InChI=1S/C17H19FO/c1-12-5-3-6-13(2)17(12)11-16(19)10-14-7-4-8-15(18)9-14/h3-9,16,19H,10-11H2,1-2H3. The predicted octanol–water partition coefficient (Wildman–Crippen LogP) is 3.59. The van der Waals surface area contributed by atoms with Crippen LogP contribution in [0.5, 0.6) is 0 Å². The summed E-state index contributed by atoms with van der Waals surface area (Å²) in [5.41, 5.74) is 4.40. The van der Waals surface area contributed by atoms with Crippen LogP contribution in [-0.2, 0) is 12.8 Å². The molecule has 0 saturated heterocycles. The molecule has 2 rings (SSSR count). The van der Waals surface area contributed by atoms with Crippen LogP contribution in [0.25, 0.3) is 0 Å². The molecule has 0 saturated carbocycles. The number of aliphatic hydroxyl groups excluding tert-OH is 1. The monoisotopic (exact) mass is 258 g/mol. The zero-order chi connectivity index (χ0) is 13.8. The predicted molar refractivity (Wildman–Crippen MR) is 75.7 cm³/mol. The fourth-order valence-electron chi connectivity index (χ4n) is 2.41. The first kappa shape index (κ1) is 13.8. The molecule has 0 amide bonds. The van der Waals surface area contributed by atoms with Gasteiger partial charge in [-0.05, 0) is 61.1 Å². The van der Waals surface area contributed by atoms with Gasteiger partial charge in [-0.25, -0.2) is 4.39 Å². The van der Waals surface area contributed by atoms with Gasteiger partial charge in [-0.2, -0.15) is 0 Å². The fraction of sp³-hybridized carbons (Fsp3) is 0.294. The third kappa shape index (κ3) is 3.65. The Kier molecular flexibility index (Phi) is 4.33. The molecular weight excluding hydrogens is 239 g/mol. The van der Waals surface area contributed by atoms with Crippen LogP contribution in [0.3, 0.4) is 0 Å². The van der Waals surface area contributed by atoms with Crippen molar-refractivity contribution in [1.82, 2.24) is 0 Å². The first-order chi connectivity index (χ1) is 9.06. The molecule has 0 aliphatic heterocycles. The van der Waals surface area contributed by atoms with Gasteiger partial charge in [-0.3, -0.25) is 0 Å². The third-order valence-electron chi connectivity index (χ3n) is 3.44. The zero-order valence-corrected chi connectivity index (χ0v) is 11.4. The SMILES string of the molecule is Cc1cccc(C)c1CC(O)Cc1cccc(F)c1. The highest BCUT2D eigenvalue weighted by molar-refractivity contribution is 5.34. The minimum Gasteiger partial charge on any atom is -0.392 e. The van der Waals surface area contributed by atoms with E-state index in [2.05, 4.69) is 26.0 Å². The molecule has 0 heterocycles. The van der Waals surface area contributed by atoms with Gasteiger partial charge in [0.2, 0.25) is 0 Å². The van der Waals surface area contributed by atoms with E-state index in [1.807, 2.05) is 12.1 Å². The summed E-state index contributed by atoms with van der Waals surface area (Å²) in [4.78, 5) is 0. The molecule has 1 nitrogen and oxygen atoms in total. The Hall–Kier alpha value is -1.67. The summed E-state index contributed by atoms with van der Waals surface area (Å²) in [6.07, 6.45) is 0.599. The summed E-state index contributed by atoms with van der Waals surface area (Å²) in [6, 6.07) is 12.5. The van der Waals surface area contributed by atoms with E-state index in [-0.39, 0.29) is 5.82 Å². The van der Waals surface area contributed by atoms with Crippen molar-refractivity contribution in [3.05, 3.63) is 70.5 Å². The summed E-state index contributed by atoms with van der Waals surface area (Å²) in [7, 11) is 0. The summed E-state index contributed by atoms with van der Waals surface area (Å²) in [6.45, 7) is 4.11. The smallest absolute Gasteiger partial charge is 0.123 e. The lowest BCUT2D eigenvalue weighted by molar-refractivity contribution is 0.175. The molecule has 19 heavy (non-hydrogen) atoms. The molecule has 0 fully saturated rings. The Labute approximate surface area is 113 Å². The van der Waals surface area contributed by atoms with Gasteiger partial charge < -0.3 is 5.11 Å². The highest BCUT2D eigenvalue weighted by atomic mass is 19.1. The van der Waals surface area contributed by atoms with Crippen LogP contribution < -0.4 is 0 Å². The molecule has 0 spiro atoms. The minimum absolute atomic E-state index is 0.253. The van der Waals surface area contributed by atoms with Crippen LogP contribution in [-0.4, -0.2) is 11.2 Å². The first-order valence-corrected chi connectivity index (χ1v) is 6.54. The van der Waals surface area contributed by atoms with Crippen molar-refractivity contribution in [2.45, 2.75) is 32.8 Å². The lowest BCUT2D eigenvalue weighted by Gasteiger charge is -2.15. The quantitative estimate of drug-likeness (QED) is 0.888. The highest BCUT2D eigenvalue weighted by Gasteiger charge is 2.11. The van der Waals surface area contributed by atoms with Crippen molar-refractivity contribution in [3.8, 4) is 0 Å². The van der Waals surface area contributed by atoms with Crippen molar-refractivity contribution < 1.29 is 9.50 Å². The average molecular weight is 258 g/mol. The molecule has 100 valence electrons. The zero-order valence-electron chi connectivity index (χ0n) is 11.4. The van der Waals surface area contributed by atoms with Crippen molar-refractivity contribution in [2.24, 2.45) is 0 Å². The Morgan fingerprint density at radius 1 is 1.00 bits per heavy atom. The van der Waals surface area contributed by atoms with Crippen molar-refractivity contribution in [1.29, 1.82) is 0 Å². The van der Waals surface area contributed by atoms with Crippen LogP contribution in [0, 0.1) is 19.7 Å². The number of benzene rings is 2. The summed E-state index contributed by atoms with van der Waals surface area (Å²) >= 11 is 0. The molecular formula is C17H19FO. The summed E-state index contributed by atoms with van der Waals surface area (Å²) < 4.78 is 13.1. The van der Waals surface area contributed by atoms with E-state index in [0.29, 0.717) is 12.8 Å². The molecule has 2 aromatic rings. The van der Waals surface area contributed by atoms with Crippen molar-refractivity contribution in [3.63, 3.8) is 0 Å². The molecule has 0 aliphatic carbocycles. The van der Waals surface area contributed by atoms with Gasteiger partial charge in [-0.15, -0.1) is 0 Å². The molecule has 2 heteroatoms. The number of hydrogen-bond acceptors (Lipinski definition) is 1. The van der Waals surface area contributed by atoms with Gasteiger partial charge in [-0.1, -0.05) is 30.3 Å². The Bertz CT molecular complexity index is 543. The van der Waals surface area contributed by atoms with Crippen molar-refractivity contribution in [2.75, 3.05) is 0 Å². The first-order valence-electron chi connectivity index (χ1n) is 6.54. The molecule has 0 aromatic heterocycles. The second-order valence-corrected chi connectivity index (χ2v) is 5.06. The van der Waals surface area contributed by atoms with E-state index in [1.165, 1.54) is 28.8 Å². The topological polar surface area (TPSA) is 20.2 Å². The number of rotatable bonds is 4. The lowest BCUT2D eigenvalue weighted by Crippen LogP contribution is -2.15. The van der Waals surface area contributed by atoms with E-state index in [0.717, 1.165) is 5.56 Å². The molecule has 0 aliphatic rings. The minimum atomic E-state index is -0.485. The maximum atomic E-state index is 13.1. The molecule has 1 N–H and O–H groups in total. The third-order valence-corrected chi connectivity index (χ3v) is 3.44. The van der Waals surface area contributed by atoms with Crippen LogP contribution in [0.1, 0.15) is 22.3 Å². The van der Waals surface area contributed by atoms with Gasteiger partial charge in [0.1, 0.15) is 5.82 Å². The fourth-order valence-corrected chi connectivity index (χ4v) is 2.41. The van der Waals surface area contributed by atoms with E-state index in [4.69, 9.17) is 0 Å².